The lowest BCUT2D eigenvalue weighted by Crippen LogP contribution is -2.21. The third-order valence-corrected chi connectivity index (χ3v) is 5.37. The quantitative estimate of drug-likeness (QED) is 0.334. The number of ether oxygens (including phenoxy) is 5. The number of hydrogen-bond donors (Lipinski definition) is 1. The number of non-ortho nitro benzene ring substituents is 1. The number of hydrogen-bond acceptors (Lipinski definition) is 12. The van der Waals surface area contributed by atoms with E-state index in [0.717, 1.165) is 18.2 Å². The molecule has 0 saturated carbocycles. The first kappa shape index (κ1) is 29.0. The molecule has 0 aliphatic carbocycles. The standard InChI is InChI=1S/C24H30N4O10/c1-16-12-35-14-18-9-20(25-26-22-4-3-21(27(30)31)11-23(22)28(32)33)10-19(24(18)29)15-36-13-17(2)38-8-6-34-5-7-37-16/h3-4,9-11,16-17,29H,5-8,12-15H2,1-2H3/t16-,17-/m0/s1. The van der Waals surface area contributed by atoms with Crippen molar-refractivity contribution in [1.82, 2.24) is 0 Å². The molecule has 2 aromatic carbocycles. The highest BCUT2D eigenvalue weighted by Gasteiger charge is 2.20. The Morgan fingerprint density at radius 2 is 1.39 bits per heavy atom. The number of phenols is 1. The maximum atomic E-state index is 11.4. The van der Waals surface area contributed by atoms with E-state index in [4.69, 9.17) is 23.7 Å². The summed E-state index contributed by atoms with van der Waals surface area (Å²) in [6.45, 7) is 5.90. The Hall–Kier alpha value is -3.56. The van der Waals surface area contributed by atoms with Gasteiger partial charge in [-0.15, -0.1) is 5.11 Å². The first-order valence-electron chi connectivity index (χ1n) is 11.9. The Morgan fingerprint density at radius 1 is 0.816 bits per heavy atom. The highest BCUT2D eigenvalue weighted by Crippen LogP contribution is 2.34. The maximum Gasteiger partial charge on any atom is 0.303 e. The first-order valence-corrected chi connectivity index (χ1v) is 11.9. The molecule has 0 unspecified atom stereocenters. The van der Waals surface area contributed by atoms with Crippen molar-refractivity contribution in [2.24, 2.45) is 10.2 Å². The van der Waals surface area contributed by atoms with Crippen molar-refractivity contribution in [3.63, 3.8) is 0 Å². The average Bonchev–Trinajstić information content (AvgIpc) is 2.88. The molecular formula is C24H30N4O10. The Morgan fingerprint density at radius 3 is 1.92 bits per heavy atom. The Kier molecular flexibility index (Phi) is 11.0. The second-order valence-corrected chi connectivity index (χ2v) is 8.51. The van der Waals surface area contributed by atoms with Crippen LogP contribution < -0.4 is 0 Å². The van der Waals surface area contributed by atoms with Crippen LogP contribution in [-0.4, -0.2) is 66.8 Å². The number of nitro benzene ring substituents is 2. The van der Waals surface area contributed by atoms with Gasteiger partial charge in [-0.2, -0.15) is 5.11 Å². The van der Waals surface area contributed by atoms with Gasteiger partial charge in [0.05, 0.1) is 86.7 Å². The van der Waals surface area contributed by atoms with Crippen molar-refractivity contribution in [3.05, 3.63) is 61.7 Å². The third-order valence-electron chi connectivity index (χ3n) is 5.37. The van der Waals surface area contributed by atoms with Gasteiger partial charge in [0.1, 0.15) is 5.75 Å². The molecule has 1 heterocycles. The molecule has 0 spiro atoms. The van der Waals surface area contributed by atoms with Gasteiger partial charge in [-0.25, -0.2) is 0 Å². The van der Waals surface area contributed by atoms with E-state index in [1.54, 1.807) is 0 Å². The van der Waals surface area contributed by atoms with Gasteiger partial charge in [-0.1, -0.05) is 0 Å². The van der Waals surface area contributed by atoms with Crippen molar-refractivity contribution in [3.8, 4) is 5.75 Å². The summed E-state index contributed by atoms with van der Waals surface area (Å²) >= 11 is 0. The summed E-state index contributed by atoms with van der Waals surface area (Å²) in [5.74, 6) is -0.0399. The fraction of sp³-hybridized carbons (Fsp3) is 0.500. The van der Waals surface area contributed by atoms with Crippen molar-refractivity contribution in [1.29, 1.82) is 0 Å². The minimum absolute atomic E-state index is 0.0313. The van der Waals surface area contributed by atoms with Crippen molar-refractivity contribution in [2.75, 3.05) is 39.6 Å². The molecule has 1 aliphatic rings. The molecule has 1 N–H and O–H groups in total. The molecule has 0 radical (unpaired) electrons. The maximum absolute atomic E-state index is 11.4. The topological polar surface area (TPSA) is 177 Å². The monoisotopic (exact) mass is 534 g/mol. The number of azo groups is 1. The zero-order valence-electron chi connectivity index (χ0n) is 21.1. The second kappa shape index (κ2) is 14.4. The smallest absolute Gasteiger partial charge is 0.303 e. The minimum Gasteiger partial charge on any atom is -0.507 e. The SMILES string of the molecule is C[C@H]1COCc2cc(N=Nc3ccc([N+](=O)[O-])cc3[N+](=O)[O-])cc(c2O)COC[C@H](C)OCCOCCO1. The minimum atomic E-state index is -0.769. The third kappa shape index (κ3) is 8.78. The molecule has 14 heteroatoms. The van der Waals surface area contributed by atoms with E-state index >= 15 is 0 Å². The zero-order valence-corrected chi connectivity index (χ0v) is 21.1. The van der Waals surface area contributed by atoms with E-state index in [0.29, 0.717) is 37.6 Å². The molecule has 38 heavy (non-hydrogen) atoms. The molecule has 0 fully saturated rings. The summed E-state index contributed by atoms with van der Waals surface area (Å²) in [4.78, 5) is 20.9. The molecule has 1 aliphatic heterocycles. The Labute approximate surface area is 218 Å². The fourth-order valence-electron chi connectivity index (χ4n) is 3.47. The van der Waals surface area contributed by atoms with Gasteiger partial charge in [0.25, 0.3) is 5.69 Å². The molecule has 2 bridgehead atoms. The van der Waals surface area contributed by atoms with Gasteiger partial charge >= 0.3 is 5.69 Å². The van der Waals surface area contributed by atoms with E-state index in [9.17, 15) is 25.3 Å². The lowest BCUT2D eigenvalue weighted by molar-refractivity contribution is -0.393. The Bertz CT molecular complexity index is 1100. The normalized spacial score (nSPS) is 20.5. The van der Waals surface area contributed by atoms with Crippen LogP contribution in [0.5, 0.6) is 5.75 Å². The van der Waals surface area contributed by atoms with Crippen LogP contribution in [-0.2, 0) is 36.9 Å². The first-order chi connectivity index (χ1) is 18.2. The van der Waals surface area contributed by atoms with Gasteiger partial charge in [0, 0.05) is 17.2 Å². The summed E-state index contributed by atoms with van der Waals surface area (Å²) in [6, 6.07) is 6.14. The van der Waals surface area contributed by atoms with Crippen LogP contribution in [0.3, 0.4) is 0 Å². The van der Waals surface area contributed by atoms with Gasteiger partial charge in [-0.3, -0.25) is 20.2 Å². The second-order valence-electron chi connectivity index (χ2n) is 8.51. The summed E-state index contributed by atoms with van der Waals surface area (Å²) in [5.41, 5.74) is -0.0812. The van der Waals surface area contributed by atoms with Crippen LogP contribution >= 0.6 is 0 Å². The summed E-state index contributed by atoms with van der Waals surface area (Å²) in [6.07, 6.45) is -0.437. The lowest BCUT2D eigenvalue weighted by atomic mass is 10.1. The highest BCUT2D eigenvalue weighted by molar-refractivity contribution is 5.62. The summed E-state index contributed by atoms with van der Waals surface area (Å²) in [5, 5.41) is 41.2. The van der Waals surface area contributed by atoms with Crippen molar-refractivity contribution in [2.45, 2.75) is 39.3 Å². The zero-order chi connectivity index (χ0) is 27.5. The molecule has 0 amide bonds. The van der Waals surface area contributed by atoms with Gasteiger partial charge < -0.3 is 28.8 Å². The number of nitrogens with zero attached hydrogens (tertiary/aromatic N) is 4. The van der Waals surface area contributed by atoms with Crippen molar-refractivity contribution >= 4 is 22.7 Å². The summed E-state index contributed by atoms with van der Waals surface area (Å²) < 4.78 is 28.2. The highest BCUT2D eigenvalue weighted by atomic mass is 16.6. The predicted octanol–water partition coefficient (Wildman–Crippen LogP) is 4.50. The summed E-state index contributed by atoms with van der Waals surface area (Å²) in [7, 11) is 0. The van der Waals surface area contributed by atoms with Crippen LogP contribution in [0.2, 0.25) is 0 Å². The molecule has 2 aromatic rings. The van der Waals surface area contributed by atoms with Crippen LogP contribution in [0.25, 0.3) is 0 Å². The number of phenolic OH excluding ortho intramolecular Hbond substituents is 1. The Balaban J connectivity index is 1.86. The lowest BCUT2D eigenvalue weighted by Gasteiger charge is -2.17. The van der Waals surface area contributed by atoms with E-state index < -0.39 is 21.2 Å². The van der Waals surface area contributed by atoms with Crippen LogP contribution in [0, 0.1) is 20.2 Å². The van der Waals surface area contributed by atoms with Gasteiger partial charge in [-0.05, 0) is 32.0 Å². The van der Waals surface area contributed by atoms with Crippen LogP contribution in [0.15, 0.2) is 40.6 Å². The predicted molar refractivity (Wildman–Crippen MR) is 133 cm³/mol. The van der Waals surface area contributed by atoms with Gasteiger partial charge in [0.2, 0.25) is 0 Å². The molecule has 206 valence electrons. The average molecular weight is 535 g/mol. The van der Waals surface area contributed by atoms with Crippen LogP contribution in [0.4, 0.5) is 22.7 Å². The largest absolute Gasteiger partial charge is 0.507 e. The number of benzene rings is 2. The molecule has 3 rings (SSSR count). The van der Waals surface area contributed by atoms with Crippen molar-refractivity contribution < 1.29 is 38.6 Å². The van der Waals surface area contributed by atoms with E-state index in [1.807, 2.05) is 13.8 Å². The van der Waals surface area contributed by atoms with E-state index in [-0.39, 0.29) is 55.8 Å². The molecular weight excluding hydrogens is 504 g/mol. The van der Waals surface area contributed by atoms with E-state index in [1.165, 1.54) is 12.1 Å². The van der Waals surface area contributed by atoms with Gasteiger partial charge in [0.15, 0.2) is 5.69 Å². The number of nitro groups is 2. The molecule has 14 nitrogen and oxygen atoms in total. The molecule has 2 atom stereocenters. The number of fused-ring (bicyclic) bond motifs is 2. The molecule has 0 saturated heterocycles. The van der Waals surface area contributed by atoms with Crippen LogP contribution in [0.1, 0.15) is 25.0 Å². The van der Waals surface area contributed by atoms with E-state index in [2.05, 4.69) is 10.2 Å². The number of rotatable bonds is 4. The number of aromatic hydroxyl groups is 1. The molecule has 0 aromatic heterocycles. The fourth-order valence-corrected chi connectivity index (χ4v) is 3.47.